The second-order valence-corrected chi connectivity index (χ2v) is 5.77. The molecule has 1 atom stereocenters. The van der Waals surface area contributed by atoms with Crippen LogP contribution >= 0.6 is 0 Å². The normalized spacial score (nSPS) is 17.2. The fraction of sp³-hybridized carbons (Fsp3) is 0.556. The molecule has 0 radical (unpaired) electrons. The first-order chi connectivity index (χ1) is 12.1. The van der Waals surface area contributed by atoms with Gasteiger partial charge >= 0.3 is 5.97 Å². The van der Waals surface area contributed by atoms with Crippen LogP contribution in [0, 0.1) is 0 Å². The molecular weight excluding hydrogens is 326 g/mol. The van der Waals surface area contributed by atoms with Gasteiger partial charge in [-0.1, -0.05) is 6.92 Å². The molecule has 0 spiro atoms. The van der Waals surface area contributed by atoms with Gasteiger partial charge in [0.15, 0.2) is 11.5 Å². The van der Waals surface area contributed by atoms with Crippen LogP contribution in [0.2, 0.25) is 0 Å². The van der Waals surface area contributed by atoms with Gasteiger partial charge in [0.2, 0.25) is 0 Å². The van der Waals surface area contributed by atoms with Gasteiger partial charge in [-0.25, -0.2) is 0 Å². The van der Waals surface area contributed by atoms with Crippen LogP contribution < -0.4 is 9.47 Å². The lowest BCUT2D eigenvalue weighted by molar-refractivity contribution is -0.139. The summed E-state index contributed by atoms with van der Waals surface area (Å²) in [5.41, 5.74) is 0.449. The van der Waals surface area contributed by atoms with Gasteiger partial charge in [0.05, 0.1) is 38.9 Å². The van der Waals surface area contributed by atoms with Crippen molar-refractivity contribution in [2.45, 2.75) is 32.7 Å². The zero-order valence-corrected chi connectivity index (χ0v) is 14.7. The number of rotatable bonds is 8. The summed E-state index contributed by atoms with van der Waals surface area (Å²) in [4.78, 5) is 25.4. The Morgan fingerprint density at radius 2 is 2.08 bits per heavy atom. The highest BCUT2D eigenvalue weighted by Crippen LogP contribution is 2.29. The Morgan fingerprint density at radius 1 is 1.28 bits per heavy atom. The van der Waals surface area contributed by atoms with E-state index in [1.807, 2.05) is 13.8 Å². The van der Waals surface area contributed by atoms with E-state index < -0.39 is 12.0 Å². The molecule has 0 bridgehead atoms. The fourth-order valence-electron chi connectivity index (χ4n) is 2.70. The summed E-state index contributed by atoms with van der Waals surface area (Å²) in [6.45, 7) is 5.90. The second-order valence-electron chi connectivity index (χ2n) is 5.77. The molecule has 138 valence electrons. The highest BCUT2D eigenvalue weighted by atomic mass is 16.5. The van der Waals surface area contributed by atoms with Crippen LogP contribution in [0.3, 0.4) is 0 Å². The predicted molar refractivity (Wildman–Crippen MR) is 91.3 cm³/mol. The first kappa shape index (κ1) is 19.1. The monoisotopic (exact) mass is 351 g/mol. The first-order valence-corrected chi connectivity index (χ1v) is 8.57. The Kier molecular flexibility index (Phi) is 7.06. The third-order valence-electron chi connectivity index (χ3n) is 3.85. The number of ether oxygens (including phenoxy) is 3. The average molecular weight is 351 g/mol. The highest BCUT2D eigenvalue weighted by molar-refractivity contribution is 5.95. The Bertz CT molecular complexity index is 603. The molecule has 2 rings (SSSR count). The van der Waals surface area contributed by atoms with Crippen molar-refractivity contribution in [3.05, 3.63) is 23.8 Å². The summed E-state index contributed by atoms with van der Waals surface area (Å²) in [6.07, 6.45) is 0.735. The lowest BCUT2D eigenvalue weighted by Gasteiger charge is -2.35. The van der Waals surface area contributed by atoms with Gasteiger partial charge in [-0.3, -0.25) is 9.59 Å². The van der Waals surface area contributed by atoms with Crippen molar-refractivity contribution in [2.75, 3.05) is 33.0 Å². The Labute approximate surface area is 147 Å². The molecular formula is C18H25NO6. The van der Waals surface area contributed by atoms with Crippen LogP contribution in [0.1, 0.15) is 37.0 Å². The molecule has 1 aromatic carbocycles. The molecule has 0 aromatic heterocycles. The van der Waals surface area contributed by atoms with Gasteiger partial charge in [-0.15, -0.1) is 0 Å². The first-order valence-electron chi connectivity index (χ1n) is 8.57. The van der Waals surface area contributed by atoms with E-state index in [-0.39, 0.29) is 18.9 Å². The molecule has 7 heteroatoms. The van der Waals surface area contributed by atoms with Gasteiger partial charge < -0.3 is 24.2 Å². The van der Waals surface area contributed by atoms with E-state index in [9.17, 15) is 9.59 Å². The maximum absolute atomic E-state index is 12.9. The molecule has 1 heterocycles. The molecule has 1 amide bonds. The number of benzene rings is 1. The lowest BCUT2D eigenvalue weighted by Crippen LogP contribution is -2.49. The number of carboxylic acid groups (broad SMARTS) is 1. The maximum atomic E-state index is 12.9. The SMILES string of the molecule is CCCOc1ccc(C(=O)N2CCOCC2CC(=O)O)cc1OCC. The average Bonchev–Trinajstić information content (AvgIpc) is 2.60. The van der Waals surface area contributed by atoms with E-state index >= 15 is 0 Å². The van der Waals surface area contributed by atoms with Crippen LogP contribution in [0.5, 0.6) is 11.5 Å². The molecule has 0 aliphatic carbocycles. The van der Waals surface area contributed by atoms with Crippen LogP contribution in [0.25, 0.3) is 0 Å². The predicted octanol–water partition coefficient (Wildman–Crippen LogP) is 2.19. The Balaban J connectivity index is 2.21. The van der Waals surface area contributed by atoms with Crippen LogP contribution in [0.4, 0.5) is 0 Å². The molecule has 1 aliphatic heterocycles. The summed E-state index contributed by atoms with van der Waals surface area (Å²) in [5.74, 6) is -0.0571. The lowest BCUT2D eigenvalue weighted by atomic mass is 10.1. The summed E-state index contributed by atoms with van der Waals surface area (Å²) in [5, 5.41) is 9.04. The van der Waals surface area contributed by atoms with E-state index in [1.54, 1.807) is 23.1 Å². The standard InChI is InChI=1S/C18H25NO6/c1-3-8-25-15-6-5-13(10-16(15)24-4-2)18(22)19-7-9-23-12-14(19)11-17(20)21/h5-6,10,14H,3-4,7-9,11-12H2,1-2H3,(H,20,21). The fourth-order valence-corrected chi connectivity index (χ4v) is 2.70. The molecule has 1 unspecified atom stereocenters. The Hall–Kier alpha value is -2.28. The molecule has 1 aromatic rings. The van der Waals surface area contributed by atoms with Crippen LogP contribution in [-0.4, -0.2) is 60.9 Å². The van der Waals surface area contributed by atoms with Gasteiger partial charge in [-0.2, -0.15) is 0 Å². The molecule has 1 fully saturated rings. The van der Waals surface area contributed by atoms with Crippen molar-refractivity contribution in [3.8, 4) is 11.5 Å². The number of hydrogen-bond donors (Lipinski definition) is 1. The number of hydrogen-bond acceptors (Lipinski definition) is 5. The Morgan fingerprint density at radius 3 is 2.76 bits per heavy atom. The molecule has 1 saturated heterocycles. The number of aliphatic carboxylic acids is 1. The van der Waals surface area contributed by atoms with Gasteiger partial charge in [0.1, 0.15) is 0 Å². The zero-order chi connectivity index (χ0) is 18.2. The maximum Gasteiger partial charge on any atom is 0.305 e. The van der Waals surface area contributed by atoms with Crippen molar-refractivity contribution in [3.63, 3.8) is 0 Å². The number of carbonyl (C=O) groups excluding carboxylic acids is 1. The van der Waals surface area contributed by atoms with Crippen LogP contribution in [-0.2, 0) is 9.53 Å². The van der Waals surface area contributed by atoms with Crippen molar-refractivity contribution >= 4 is 11.9 Å². The molecule has 7 nitrogen and oxygen atoms in total. The van der Waals surface area contributed by atoms with Crippen molar-refractivity contribution in [1.82, 2.24) is 4.90 Å². The topological polar surface area (TPSA) is 85.3 Å². The number of nitrogens with zero attached hydrogens (tertiary/aromatic N) is 1. The minimum absolute atomic E-state index is 0.137. The second kappa shape index (κ2) is 9.27. The minimum Gasteiger partial charge on any atom is -0.490 e. The van der Waals surface area contributed by atoms with E-state index in [2.05, 4.69) is 0 Å². The van der Waals surface area contributed by atoms with Gasteiger partial charge in [-0.05, 0) is 31.5 Å². The number of carbonyl (C=O) groups is 2. The molecule has 1 aliphatic rings. The van der Waals surface area contributed by atoms with Crippen LogP contribution in [0.15, 0.2) is 18.2 Å². The smallest absolute Gasteiger partial charge is 0.305 e. The van der Waals surface area contributed by atoms with E-state index in [0.29, 0.717) is 43.4 Å². The molecule has 25 heavy (non-hydrogen) atoms. The molecule has 1 N–H and O–H groups in total. The minimum atomic E-state index is -0.952. The van der Waals surface area contributed by atoms with E-state index in [1.165, 1.54) is 0 Å². The molecule has 0 saturated carbocycles. The quantitative estimate of drug-likeness (QED) is 0.773. The summed E-state index contributed by atoms with van der Waals surface area (Å²) >= 11 is 0. The number of carboxylic acids is 1. The van der Waals surface area contributed by atoms with Gasteiger partial charge in [0.25, 0.3) is 5.91 Å². The van der Waals surface area contributed by atoms with Crippen molar-refractivity contribution < 1.29 is 28.9 Å². The number of amides is 1. The zero-order valence-electron chi connectivity index (χ0n) is 14.7. The largest absolute Gasteiger partial charge is 0.490 e. The summed E-state index contributed by atoms with van der Waals surface area (Å²) in [7, 11) is 0. The van der Waals surface area contributed by atoms with E-state index in [0.717, 1.165) is 6.42 Å². The summed E-state index contributed by atoms with van der Waals surface area (Å²) < 4.78 is 16.6. The number of morpholine rings is 1. The third-order valence-corrected chi connectivity index (χ3v) is 3.85. The third kappa shape index (κ3) is 5.09. The van der Waals surface area contributed by atoms with Gasteiger partial charge in [0, 0.05) is 12.1 Å². The van der Waals surface area contributed by atoms with E-state index in [4.69, 9.17) is 19.3 Å². The summed E-state index contributed by atoms with van der Waals surface area (Å²) in [6, 6.07) is 4.60. The highest BCUT2D eigenvalue weighted by Gasteiger charge is 2.30. The van der Waals surface area contributed by atoms with Crippen molar-refractivity contribution in [1.29, 1.82) is 0 Å². The van der Waals surface area contributed by atoms with Crippen molar-refractivity contribution in [2.24, 2.45) is 0 Å².